The minimum Gasteiger partial charge on any atom is -0.385 e. The van der Waals surface area contributed by atoms with Crippen molar-refractivity contribution in [2.45, 2.75) is 26.9 Å². The number of hydrogen-bond donors (Lipinski definition) is 2. The highest BCUT2D eigenvalue weighted by Crippen LogP contribution is 2.22. The van der Waals surface area contributed by atoms with E-state index in [1.807, 2.05) is 20.8 Å². The van der Waals surface area contributed by atoms with Crippen LogP contribution in [0, 0.1) is 10.1 Å². The van der Waals surface area contributed by atoms with Gasteiger partial charge in [-0.1, -0.05) is 0 Å². The molecule has 0 saturated carbocycles. The molecular weight excluding hydrogens is 274 g/mol. The first-order chi connectivity index (χ1) is 9.95. The molecule has 0 atom stereocenters. The summed E-state index contributed by atoms with van der Waals surface area (Å²) in [7, 11) is 0. The van der Waals surface area contributed by atoms with Crippen LogP contribution in [0.5, 0.6) is 0 Å². The molecule has 1 aromatic carbocycles. The second kappa shape index (κ2) is 8.21. The van der Waals surface area contributed by atoms with Gasteiger partial charge in [-0.05, 0) is 26.8 Å². The molecule has 0 aliphatic heterocycles. The van der Waals surface area contributed by atoms with Gasteiger partial charge in [0.25, 0.3) is 11.6 Å². The number of carbonyl (C=O) groups is 1. The number of nitrogens with one attached hydrogen (secondary N) is 2. The van der Waals surface area contributed by atoms with Gasteiger partial charge in [0, 0.05) is 30.9 Å². The average molecular weight is 295 g/mol. The van der Waals surface area contributed by atoms with Crippen LogP contribution in [0.1, 0.15) is 31.1 Å². The van der Waals surface area contributed by atoms with Gasteiger partial charge in [0.15, 0.2) is 0 Å². The van der Waals surface area contributed by atoms with Crippen LogP contribution in [0.2, 0.25) is 0 Å². The van der Waals surface area contributed by atoms with Crippen LogP contribution in [-0.2, 0) is 4.74 Å². The Morgan fingerprint density at radius 3 is 2.71 bits per heavy atom. The molecule has 1 rings (SSSR count). The summed E-state index contributed by atoms with van der Waals surface area (Å²) < 4.78 is 5.33. The van der Waals surface area contributed by atoms with Crippen molar-refractivity contribution in [2.75, 3.05) is 25.0 Å². The largest absolute Gasteiger partial charge is 0.385 e. The SMILES string of the molecule is CCNc1ccc([N+](=O)[O-])cc1C(=O)NCCOC(C)C. The molecule has 0 aromatic heterocycles. The van der Waals surface area contributed by atoms with Crippen molar-refractivity contribution in [3.63, 3.8) is 0 Å². The van der Waals surface area contributed by atoms with Crippen LogP contribution in [0.3, 0.4) is 0 Å². The van der Waals surface area contributed by atoms with Gasteiger partial charge in [0.05, 0.1) is 23.2 Å². The normalized spacial score (nSPS) is 10.5. The van der Waals surface area contributed by atoms with Crippen LogP contribution >= 0.6 is 0 Å². The number of ether oxygens (including phenoxy) is 1. The van der Waals surface area contributed by atoms with Crippen molar-refractivity contribution in [3.05, 3.63) is 33.9 Å². The van der Waals surface area contributed by atoms with E-state index in [1.54, 1.807) is 6.07 Å². The van der Waals surface area contributed by atoms with Gasteiger partial charge in [0.2, 0.25) is 0 Å². The van der Waals surface area contributed by atoms with E-state index in [-0.39, 0.29) is 23.3 Å². The topological polar surface area (TPSA) is 93.5 Å². The van der Waals surface area contributed by atoms with Gasteiger partial charge in [-0.2, -0.15) is 0 Å². The Labute approximate surface area is 123 Å². The van der Waals surface area contributed by atoms with Crippen molar-refractivity contribution in [3.8, 4) is 0 Å². The first-order valence-electron chi connectivity index (χ1n) is 6.87. The number of nitro groups is 1. The van der Waals surface area contributed by atoms with E-state index in [9.17, 15) is 14.9 Å². The summed E-state index contributed by atoms with van der Waals surface area (Å²) in [6.45, 7) is 7.07. The number of anilines is 1. The standard InChI is InChI=1S/C14H21N3O4/c1-4-15-13-6-5-11(17(19)20)9-12(13)14(18)16-7-8-21-10(2)3/h5-6,9-10,15H,4,7-8H2,1-3H3,(H,16,18). The van der Waals surface area contributed by atoms with Crippen molar-refractivity contribution in [1.82, 2.24) is 5.32 Å². The molecule has 2 N–H and O–H groups in total. The number of hydrogen-bond acceptors (Lipinski definition) is 5. The van der Waals surface area contributed by atoms with Crippen molar-refractivity contribution >= 4 is 17.3 Å². The number of rotatable bonds is 8. The summed E-state index contributed by atoms with van der Waals surface area (Å²) in [5, 5.41) is 16.5. The van der Waals surface area contributed by atoms with E-state index in [0.717, 1.165) is 0 Å². The maximum atomic E-state index is 12.1. The van der Waals surface area contributed by atoms with Crippen LogP contribution in [-0.4, -0.2) is 36.6 Å². The third kappa shape index (κ3) is 5.39. The summed E-state index contributed by atoms with van der Waals surface area (Å²) in [5.41, 5.74) is 0.723. The zero-order valence-corrected chi connectivity index (χ0v) is 12.5. The highest BCUT2D eigenvalue weighted by atomic mass is 16.6. The lowest BCUT2D eigenvalue weighted by atomic mass is 10.1. The molecule has 0 saturated heterocycles. The maximum absolute atomic E-state index is 12.1. The van der Waals surface area contributed by atoms with E-state index >= 15 is 0 Å². The molecule has 7 nitrogen and oxygen atoms in total. The Hall–Kier alpha value is -2.15. The third-order valence-corrected chi connectivity index (χ3v) is 2.66. The molecule has 0 aliphatic carbocycles. The zero-order valence-electron chi connectivity index (χ0n) is 12.5. The molecule has 0 radical (unpaired) electrons. The second-order valence-corrected chi connectivity index (χ2v) is 4.69. The summed E-state index contributed by atoms with van der Waals surface area (Å²) in [4.78, 5) is 22.4. The Morgan fingerprint density at radius 1 is 1.43 bits per heavy atom. The smallest absolute Gasteiger partial charge is 0.270 e. The predicted molar refractivity (Wildman–Crippen MR) is 80.7 cm³/mol. The third-order valence-electron chi connectivity index (χ3n) is 2.66. The minimum atomic E-state index is -0.519. The van der Waals surface area contributed by atoms with E-state index in [4.69, 9.17) is 4.74 Å². The molecule has 1 aromatic rings. The number of nitro benzene ring substituents is 1. The average Bonchev–Trinajstić information content (AvgIpc) is 2.43. The fraction of sp³-hybridized carbons (Fsp3) is 0.500. The molecule has 0 unspecified atom stereocenters. The highest BCUT2D eigenvalue weighted by molar-refractivity contribution is 6.00. The molecule has 7 heteroatoms. The quantitative estimate of drug-likeness (QED) is 0.435. The summed E-state index contributed by atoms with van der Waals surface area (Å²) in [6, 6.07) is 4.19. The second-order valence-electron chi connectivity index (χ2n) is 4.69. The molecule has 116 valence electrons. The first-order valence-corrected chi connectivity index (χ1v) is 6.87. The molecule has 21 heavy (non-hydrogen) atoms. The van der Waals surface area contributed by atoms with Crippen molar-refractivity contribution < 1.29 is 14.5 Å². The number of amides is 1. The molecule has 0 aliphatic rings. The molecule has 0 fully saturated rings. The Bertz CT molecular complexity index is 503. The Kier molecular flexibility index (Phi) is 6.61. The van der Waals surface area contributed by atoms with Gasteiger partial charge in [0.1, 0.15) is 0 Å². The maximum Gasteiger partial charge on any atom is 0.270 e. The summed E-state index contributed by atoms with van der Waals surface area (Å²) in [5.74, 6) is -0.359. The van der Waals surface area contributed by atoms with Gasteiger partial charge in [-0.3, -0.25) is 14.9 Å². The fourth-order valence-corrected chi connectivity index (χ4v) is 1.73. The van der Waals surface area contributed by atoms with Gasteiger partial charge in [-0.25, -0.2) is 0 Å². The number of benzene rings is 1. The summed E-state index contributed by atoms with van der Waals surface area (Å²) in [6.07, 6.45) is 0.0945. The van der Waals surface area contributed by atoms with E-state index in [1.165, 1.54) is 12.1 Å². The van der Waals surface area contributed by atoms with Crippen LogP contribution < -0.4 is 10.6 Å². The number of non-ortho nitro benzene ring substituents is 1. The Morgan fingerprint density at radius 2 is 2.14 bits per heavy atom. The highest BCUT2D eigenvalue weighted by Gasteiger charge is 2.16. The fourth-order valence-electron chi connectivity index (χ4n) is 1.73. The molecule has 0 bridgehead atoms. The van der Waals surface area contributed by atoms with E-state index < -0.39 is 4.92 Å². The van der Waals surface area contributed by atoms with Crippen molar-refractivity contribution in [1.29, 1.82) is 0 Å². The number of carbonyl (C=O) groups excluding carboxylic acids is 1. The molecule has 1 amide bonds. The van der Waals surface area contributed by atoms with Gasteiger partial charge < -0.3 is 15.4 Å². The first kappa shape index (κ1) is 16.9. The lowest BCUT2D eigenvalue weighted by Gasteiger charge is -2.12. The van der Waals surface area contributed by atoms with Gasteiger partial charge in [-0.15, -0.1) is 0 Å². The van der Waals surface area contributed by atoms with Crippen LogP contribution in [0.15, 0.2) is 18.2 Å². The van der Waals surface area contributed by atoms with Gasteiger partial charge >= 0.3 is 0 Å². The summed E-state index contributed by atoms with van der Waals surface area (Å²) >= 11 is 0. The Balaban J connectivity index is 2.79. The zero-order chi connectivity index (χ0) is 15.8. The van der Waals surface area contributed by atoms with E-state index in [2.05, 4.69) is 10.6 Å². The van der Waals surface area contributed by atoms with Crippen molar-refractivity contribution in [2.24, 2.45) is 0 Å². The predicted octanol–water partition coefficient (Wildman–Crippen LogP) is 2.18. The van der Waals surface area contributed by atoms with Crippen LogP contribution in [0.4, 0.5) is 11.4 Å². The molecular formula is C14H21N3O4. The lowest BCUT2D eigenvalue weighted by molar-refractivity contribution is -0.384. The minimum absolute atomic E-state index is 0.0945. The molecule has 0 spiro atoms. The number of nitrogens with zero attached hydrogens (tertiary/aromatic N) is 1. The van der Waals surface area contributed by atoms with E-state index in [0.29, 0.717) is 25.4 Å². The van der Waals surface area contributed by atoms with Crippen LogP contribution in [0.25, 0.3) is 0 Å². The monoisotopic (exact) mass is 295 g/mol. The lowest BCUT2D eigenvalue weighted by Crippen LogP contribution is -2.28. The molecule has 0 heterocycles.